The second-order valence-corrected chi connectivity index (χ2v) is 5.09. The molecule has 1 heterocycles. The number of esters is 1. The summed E-state index contributed by atoms with van der Waals surface area (Å²) >= 11 is 1.29. The van der Waals surface area contributed by atoms with E-state index in [9.17, 15) is 18.0 Å². The molecule has 0 amide bonds. The van der Waals surface area contributed by atoms with Crippen LogP contribution < -0.4 is 0 Å². The van der Waals surface area contributed by atoms with Crippen LogP contribution in [0.2, 0.25) is 0 Å². The third kappa shape index (κ3) is 4.04. The van der Waals surface area contributed by atoms with Crippen molar-refractivity contribution < 1.29 is 22.7 Å². The molecule has 2 aromatic rings. The summed E-state index contributed by atoms with van der Waals surface area (Å²) < 4.78 is 42.4. The molecule has 0 fully saturated rings. The molecule has 0 saturated carbocycles. The van der Waals surface area contributed by atoms with E-state index in [2.05, 4.69) is 4.98 Å². The number of rotatable bonds is 4. The minimum absolute atomic E-state index is 0.0732. The van der Waals surface area contributed by atoms with Gasteiger partial charge < -0.3 is 4.74 Å². The molecule has 0 unspecified atom stereocenters. The van der Waals surface area contributed by atoms with Crippen LogP contribution in [0.4, 0.5) is 13.2 Å². The highest BCUT2D eigenvalue weighted by Crippen LogP contribution is 2.31. The molecule has 0 bridgehead atoms. The monoisotopic (exact) mass is 315 g/mol. The first-order valence-corrected chi connectivity index (χ1v) is 7.05. The van der Waals surface area contributed by atoms with E-state index in [1.54, 1.807) is 12.3 Å². The van der Waals surface area contributed by atoms with Crippen LogP contribution in [0.1, 0.15) is 24.6 Å². The van der Waals surface area contributed by atoms with Crippen molar-refractivity contribution in [3.8, 4) is 10.6 Å². The zero-order chi connectivity index (χ0) is 15.5. The lowest BCUT2D eigenvalue weighted by molar-refractivity contribution is -0.144. The van der Waals surface area contributed by atoms with Crippen molar-refractivity contribution in [1.29, 1.82) is 0 Å². The molecular weight excluding hydrogens is 303 g/mol. The molecule has 0 saturated heterocycles. The van der Waals surface area contributed by atoms with Crippen molar-refractivity contribution in [3.05, 3.63) is 40.9 Å². The van der Waals surface area contributed by atoms with Crippen LogP contribution in [0, 0.1) is 0 Å². The van der Waals surface area contributed by atoms with Crippen LogP contribution in [0.5, 0.6) is 0 Å². The normalized spacial score (nSPS) is 11.4. The quantitative estimate of drug-likeness (QED) is 0.790. The fourth-order valence-corrected chi connectivity index (χ4v) is 2.37. The summed E-state index contributed by atoms with van der Waals surface area (Å²) in [5.41, 5.74) is 0.484. The first kappa shape index (κ1) is 15.5. The fourth-order valence-electron chi connectivity index (χ4n) is 1.56. The van der Waals surface area contributed by atoms with Crippen molar-refractivity contribution in [2.75, 3.05) is 0 Å². The first-order chi connectivity index (χ1) is 9.90. The predicted octanol–water partition coefficient (Wildman–Crippen LogP) is 4.28. The maximum absolute atomic E-state index is 12.5. The molecular formula is C14H12F3NO2S. The lowest BCUT2D eigenvalue weighted by Crippen LogP contribution is -2.04. The van der Waals surface area contributed by atoms with Crippen molar-refractivity contribution in [2.45, 2.75) is 26.1 Å². The molecule has 21 heavy (non-hydrogen) atoms. The van der Waals surface area contributed by atoms with Gasteiger partial charge in [-0.2, -0.15) is 13.2 Å². The number of carbonyl (C=O) groups excluding carboxylic acids is 1. The van der Waals surface area contributed by atoms with Gasteiger partial charge in [-0.15, -0.1) is 11.3 Å². The Balaban J connectivity index is 2.09. The molecule has 0 aliphatic heterocycles. The van der Waals surface area contributed by atoms with Gasteiger partial charge >= 0.3 is 12.1 Å². The summed E-state index contributed by atoms with van der Waals surface area (Å²) in [5.74, 6) is -0.320. The van der Waals surface area contributed by atoms with Gasteiger partial charge in [-0.05, 0) is 12.1 Å². The van der Waals surface area contributed by atoms with E-state index in [0.717, 1.165) is 12.1 Å². The van der Waals surface area contributed by atoms with E-state index >= 15 is 0 Å². The summed E-state index contributed by atoms with van der Waals surface area (Å²) in [5, 5.41) is 2.31. The van der Waals surface area contributed by atoms with Gasteiger partial charge in [0.15, 0.2) is 0 Å². The van der Waals surface area contributed by atoms with Gasteiger partial charge in [-0.1, -0.05) is 19.1 Å². The molecule has 0 radical (unpaired) electrons. The van der Waals surface area contributed by atoms with Crippen LogP contribution >= 0.6 is 11.3 Å². The number of alkyl halides is 3. The number of benzene rings is 1. The Labute approximate surface area is 123 Å². The highest BCUT2D eigenvalue weighted by molar-refractivity contribution is 7.13. The maximum atomic E-state index is 12.5. The number of thiazole rings is 1. The minimum atomic E-state index is -4.35. The average molecular weight is 315 g/mol. The van der Waals surface area contributed by atoms with Gasteiger partial charge in [0.1, 0.15) is 11.6 Å². The zero-order valence-electron chi connectivity index (χ0n) is 11.1. The molecule has 3 nitrogen and oxygen atoms in total. The van der Waals surface area contributed by atoms with Gasteiger partial charge in [-0.25, -0.2) is 4.98 Å². The average Bonchev–Trinajstić information content (AvgIpc) is 2.93. The highest BCUT2D eigenvalue weighted by Gasteiger charge is 2.30. The Morgan fingerprint density at radius 2 is 1.95 bits per heavy atom. The van der Waals surface area contributed by atoms with Gasteiger partial charge in [0.25, 0.3) is 0 Å². The van der Waals surface area contributed by atoms with Crippen LogP contribution in [-0.2, 0) is 22.3 Å². The van der Waals surface area contributed by atoms with E-state index in [0.29, 0.717) is 16.3 Å². The molecule has 0 N–H and O–H groups in total. The van der Waals surface area contributed by atoms with Gasteiger partial charge in [0.2, 0.25) is 0 Å². The van der Waals surface area contributed by atoms with Gasteiger partial charge in [-0.3, -0.25) is 4.79 Å². The number of hydrogen-bond acceptors (Lipinski definition) is 4. The van der Waals surface area contributed by atoms with Crippen molar-refractivity contribution in [3.63, 3.8) is 0 Å². The lowest BCUT2D eigenvalue weighted by atomic mass is 10.1. The van der Waals surface area contributed by atoms with Gasteiger partial charge in [0, 0.05) is 17.4 Å². The second-order valence-electron chi connectivity index (χ2n) is 4.23. The third-order valence-electron chi connectivity index (χ3n) is 2.68. The molecule has 0 atom stereocenters. The summed E-state index contributed by atoms with van der Waals surface area (Å²) in [6, 6.07) is 4.80. The summed E-state index contributed by atoms with van der Waals surface area (Å²) in [4.78, 5) is 15.3. The van der Waals surface area contributed by atoms with E-state index in [4.69, 9.17) is 4.74 Å². The van der Waals surface area contributed by atoms with Crippen LogP contribution in [0.25, 0.3) is 10.6 Å². The molecule has 0 aliphatic rings. The Kier molecular flexibility index (Phi) is 4.62. The second kappa shape index (κ2) is 6.26. The lowest BCUT2D eigenvalue weighted by Gasteiger charge is -2.06. The Bertz CT molecular complexity index is 620. The number of carbonyl (C=O) groups is 1. The zero-order valence-corrected chi connectivity index (χ0v) is 11.9. The van der Waals surface area contributed by atoms with E-state index in [1.807, 2.05) is 0 Å². The van der Waals surface area contributed by atoms with E-state index in [1.165, 1.54) is 23.5 Å². The molecule has 0 aliphatic carbocycles. The van der Waals surface area contributed by atoms with Gasteiger partial charge in [0.05, 0.1) is 11.3 Å². The number of aromatic nitrogens is 1. The number of nitrogens with zero attached hydrogens (tertiary/aromatic N) is 1. The topological polar surface area (TPSA) is 39.2 Å². The smallest absolute Gasteiger partial charge is 0.416 e. The summed E-state index contributed by atoms with van der Waals surface area (Å²) in [6.45, 7) is 1.76. The first-order valence-electron chi connectivity index (χ1n) is 6.18. The van der Waals surface area contributed by atoms with E-state index < -0.39 is 11.7 Å². The van der Waals surface area contributed by atoms with Crippen LogP contribution in [0.3, 0.4) is 0 Å². The van der Waals surface area contributed by atoms with Crippen molar-refractivity contribution in [2.24, 2.45) is 0 Å². The van der Waals surface area contributed by atoms with Crippen LogP contribution in [-0.4, -0.2) is 11.0 Å². The molecule has 1 aromatic carbocycles. The molecule has 2 rings (SSSR count). The Hall–Kier alpha value is -1.89. The molecule has 1 aromatic heterocycles. The number of hydrogen-bond donors (Lipinski definition) is 0. The van der Waals surface area contributed by atoms with Crippen molar-refractivity contribution in [1.82, 2.24) is 4.98 Å². The van der Waals surface area contributed by atoms with Crippen molar-refractivity contribution >= 4 is 17.3 Å². The van der Waals surface area contributed by atoms with E-state index in [-0.39, 0.29) is 19.0 Å². The maximum Gasteiger partial charge on any atom is 0.416 e. The Morgan fingerprint density at radius 1 is 1.29 bits per heavy atom. The fraction of sp³-hybridized carbons (Fsp3) is 0.286. The Morgan fingerprint density at radius 3 is 2.52 bits per heavy atom. The third-order valence-corrected chi connectivity index (χ3v) is 3.62. The summed E-state index contributed by atoms with van der Waals surface area (Å²) in [6.07, 6.45) is -4.06. The predicted molar refractivity (Wildman–Crippen MR) is 72.6 cm³/mol. The minimum Gasteiger partial charge on any atom is -0.459 e. The SMILES string of the molecule is CCC(=O)OCc1csc(-c2ccc(C(F)(F)F)cc2)n1. The standard InChI is InChI=1S/C14H12F3NO2S/c1-2-12(19)20-7-11-8-21-13(18-11)9-3-5-10(6-4-9)14(15,16)17/h3-6,8H,2,7H2,1H3. The molecule has 0 spiro atoms. The molecule has 7 heteroatoms. The molecule has 112 valence electrons. The number of ether oxygens (including phenoxy) is 1. The summed E-state index contributed by atoms with van der Waals surface area (Å²) in [7, 11) is 0. The highest BCUT2D eigenvalue weighted by atomic mass is 32.1. The largest absolute Gasteiger partial charge is 0.459 e. The van der Waals surface area contributed by atoms with Crippen LogP contribution in [0.15, 0.2) is 29.6 Å². The number of halogens is 3.